The van der Waals surface area contributed by atoms with Crippen LogP contribution in [-0.4, -0.2) is 54.9 Å². The summed E-state index contributed by atoms with van der Waals surface area (Å²) < 4.78 is 5.27. The van der Waals surface area contributed by atoms with Crippen molar-refractivity contribution < 1.29 is 14.3 Å². The van der Waals surface area contributed by atoms with E-state index in [1.807, 2.05) is 23.1 Å². The van der Waals surface area contributed by atoms with E-state index < -0.39 is 0 Å². The van der Waals surface area contributed by atoms with Crippen LogP contribution < -0.4 is 10.1 Å². The lowest BCUT2D eigenvalue weighted by atomic mass is 9.77. The van der Waals surface area contributed by atoms with Crippen molar-refractivity contribution in [3.05, 3.63) is 65.7 Å². The first-order chi connectivity index (χ1) is 19.1. The summed E-state index contributed by atoms with van der Waals surface area (Å²) in [7, 11) is 1.67. The number of rotatable bonds is 9. The maximum absolute atomic E-state index is 13.5. The van der Waals surface area contributed by atoms with Crippen molar-refractivity contribution in [3.8, 4) is 5.75 Å². The first-order valence-corrected chi connectivity index (χ1v) is 15.1. The van der Waals surface area contributed by atoms with Gasteiger partial charge in [0.15, 0.2) is 0 Å². The van der Waals surface area contributed by atoms with Gasteiger partial charge in [-0.2, -0.15) is 0 Å². The summed E-state index contributed by atoms with van der Waals surface area (Å²) in [5.41, 5.74) is 2.14. The molecule has 5 rings (SSSR count). The van der Waals surface area contributed by atoms with Crippen LogP contribution in [0.3, 0.4) is 0 Å². The fraction of sp³-hybridized carbons (Fsp3) is 0.576. The molecule has 2 aliphatic heterocycles. The fourth-order valence-corrected chi connectivity index (χ4v) is 6.81. The molecule has 1 N–H and O–H groups in total. The van der Waals surface area contributed by atoms with Gasteiger partial charge in [0.2, 0.25) is 11.8 Å². The van der Waals surface area contributed by atoms with Gasteiger partial charge < -0.3 is 19.9 Å². The highest BCUT2D eigenvalue weighted by atomic mass is 16.5. The maximum atomic E-state index is 13.5. The number of piperidine rings is 1. The van der Waals surface area contributed by atoms with Crippen molar-refractivity contribution in [2.45, 2.75) is 76.8 Å². The smallest absolute Gasteiger partial charge is 0.229 e. The minimum atomic E-state index is -0.199. The van der Waals surface area contributed by atoms with Crippen LogP contribution in [0.2, 0.25) is 0 Å². The van der Waals surface area contributed by atoms with Crippen LogP contribution >= 0.6 is 0 Å². The molecule has 2 saturated heterocycles. The Bertz CT molecular complexity index is 1070. The highest BCUT2D eigenvalue weighted by Gasteiger charge is 2.47. The Morgan fingerprint density at radius 1 is 0.949 bits per heavy atom. The van der Waals surface area contributed by atoms with Gasteiger partial charge in [-0.05, 0) is 74.9 Å². The molecule has 0 aromatic heterocycles. The molecular formula is C33H45N3O3. The Kier molecular flexibility index (Phi) is 9.23. The van der Waals surface area contributed by atoms with Gasteiger partial charge in [-0.15, -0.1) is 0 Å². The number of amides is 2. The lowest BCUT2D eigenvalue weighted by Crippen LogP contribution is -2.45. The average molecular weight is 532 g/mol. The van der Waals surface area contributed by atoms with Crippen LogP contribution in [0.15, 0.2) is 54.6 Å². The van der Waals surface area contributed by atoms with E-state index in [1.54, 1.807) is 7.11 Å². The molecule has 2 aromatic rings. The average Bonchev–Trinajstić information content (AvgIpc) is 3.15. The quantitative estimate of drug-likeness (QED) is 0.420. The minimum Gasteiger partial charge on any atom is -0.497 e. The number of hydrogen-bond acceptors (Lipinski definition) is 4. The summed E-state index contributed by atoms with van der Waals surface area (Å²) in [6.07, 6.45) is 10.6. The minimum absolute atomic E-state index is 0.0333. The molecule has 2 heterocycles. The third-order valence-electron chi connectivity index (χ3n) is 9.43. The maximum Gasteiger partial charge on any atom is 0.229 e. The van der Waals surface area contributed by atoms with Gasteiger partial charge in [0.1, 0.15) is 5.75 Å². The normalized spacial score (nSPS) is 21.1. The highest BCUT2D eigenvalue weighted by molar-refractivity contribution is 5.85. The predicted octanol–water partition coefficient (Wildman–Crippen LogP) is 5.73. The Balaban J connectivity index is 1.14. The number of benzene rings is 2. The van der Waals surface area contributed by atoms with E-state index in [2.05, 4.69) is 46.6 Å². The van der Waals surface area contributed by atoms with Crippen LogP contribution in [0.5, 0.6) is 5.75 Å². The summed E-state index contributed by atoms with van der Waals surface area (Å²) in [6.45, 7) is 4.34. The van der Waals surface area contributed by atoms with Crippen molar-refractivity contribution >= 4 is 11.8 Å². The Morgan fingerprint density at radius 2 is 1.62 bits per heavy atom. The summed E-state index contributed by atoms with van der Waals surface area (Å²) in [4.78, 5) is 31.3. The molecule has 1 atom stereocenters. The molecule has 0 radical (unpaired) electrons. The van der Waals surface area contributed by atoms with Gasteiger partial charge in [0, 0.05) is 25.6 Å². The van der Waals surface area contributed by atoms with Crippen LogP contribution in [0.1, 0.15) is 81.4 Å². The molecule has 1 unspecified atom stereocenters. The van der Waals surface area contributed by atoms with Crippen molar-refractivity contribution in [2.75, 3.05) is 33.3 Å². The number of ether oxygens (including phenoxy) is 1. The summed E-state index contributed by atoms with van der Waals surface area (Å²) in [5.74, 6) is 1.56. The predicted molar refractivity (Wildman–Crippen MR) is 154 cm³/mol. The van der Waals surface area contributed by atoms with Gasteiger partial charge in [0.25, 0.3) is 0 Å². The molecule has 3 aliphatic rings. The Morgan fingerprint density at radius 3 is 2.28 bits per heavy atom. The van der Waals surface area contributed by atoms with E-state index in [1.165, 1.54) is 31.2 Å². The second-order valence-electron chi connectivity index (χ2n) is 11.9. The zero-order valence-corrected chi connectivity index (χ0v) is 23.6. The molecule has 39 heavy (non-hydrogen) atoms. The number of likely N-dealkylation sites (tertiary alicyclic amines) is 2. The molecule has 0 bridgehead atoms. The lowest BCUT2D eigenvalue weighted by molar-refractivity contribution is -0.139. The summed E-state index contributed by atoms with van der Waals surface area (Å²) >= 11 is 0. The molecular weight excluding hydrogens is 486 g/mol. The molecule has 3 fully saturated rings. The van der Waals surface area contributed by atoms with E-state index >= 15 is 0 Å². The van der Waals surface area contributed by atoms with Gasteiger partial charge >= 0.3 is 0 Å². The molecule has 2 amide bonds. The van der Waals surface area contributed by atoms with Crippen molar-refractivity contribution in [2.24, 2.45) is 11.3 Å². The molecule has 6 nitrogen and oxygen atoms in total. The van der Waals surface area contributed by atoms with Gasteiger partial charge in [-0.25, -0.2) is 0 Å². The number of carbonyl (C=O) groups is 2. The molecule has 1 aliphatic carbocycles. The number of methoxy groups -OCH3 is 1. The number of carbonyl (C=O) groups excluding carboxylic acids is 2. The molecule has 1 saturated carbocycles. The van der Waals surface area contributed by atoms with E-state index in [0.717, 1.165) is 76.0 Å². The van der Waals surface area contributed by atoms with Gasteiger partial charge in [-0.1, -0.05) is 68.1 Å². The number of nitrogens with one attached hydrogen (secondary N) is 1. The van der Waals surface area contributed by atoms with Gasteiger partial charge in [0.05, 0.1) is 18.6 Å². The van der Waals surface area contributed by atoms with Crippen LogP contribution in [0, 0.1) is 11.3 Å². The van der Waals surface area contributed by atoms with Crippen LogP contribution in [0.4, 0.5) is 0 Å². The fourth-order valence-electron chi connectivity index (χ4n) is 6.81. The number of hydrogen-bond donors (Lipinski definition) is 1. The van der Waals surface area contributed by atoms with E-state index in [0.29, 0.717) is 12.5 Å². The van der Waals surface area contributed by atoms with E-state index in [9.17, 15) is 9.59 Å². The zero-order chi connectivity index (χ0) is 27.1. The Hall–Kier alpha value is -2.86. The third-order valence-corrected chi connectivity index (χ3v) is 9.43. The third kappa shape index (κ3) is 6.84. The first kappa shape index (κ1) is 27.7. The molecule has 1 spiro atoms. The second kappa shape index (κ2) is 13.0. The lowest BCUT2D eigenvalue weighted by Gasteiger charge is -2.38. The largest absolute Gasteiger partial charge is 0.497 e. The van der Waals surface area contributed by atoms with Crippen molar-refractivity contribution in [1.82, 2.24) is 15.1 Å². The monoisotopic (exact) mass is 531 g/mol. The standard InChI is InChI=1S/C33H45N3O3/c1-39-29-15-13-26(14-16-29)25-36-24-20-33(32(36)38)18-22-35(23-19-33)21-17-30(27-9-7-4-8-10-27)34-31(37)28-11-5-2-3-6-12-28/h4,7-10,13-16,28,30H,2-3,5-6,11-12,17-25H2,1H3,(H,34,37). The highest BCUT2D eigenvalue weighted by Crippen LogP contribution is 2.42. The topological polar surface area (TPSA) is 61.9 Å². The van der Waals surface area contributed by atoms with Crippen molar-refractivity contribution in [3.63, 3.8) is 0 Å². The first-order valence-electron chi connectivity index (χ1n) is 15.1. The summed E-state index contributed by atoms with van der Waals surface area (Å²) in [5, 5.41) is 3.43. The molecule has 210 valence electrons. The van der Waals surface area contributed by atoms with Crippen LogP contribution in [-0.2, 0) is 16.1 Å². The second-order valence-corrected chi connectivity index (χ2v) is 11.9. The van der Waals surface area contributed by atoms with Crippen LogP contribution in [0.25, 0.3) is 0 Å². The van der Waals surface area contributed by atoms with E-state index in [4.69, 9.17) is 4.74 Å². The Labute approximate surface area is 234 Å². The van der Waals surface area contributed by atoms with Gasteiger partial charge in [-0.3, -0.25) is 9.59 Å². The molecule has 2 aromatic carbocycles. The summed E-state index contributed by atoms with van der Waals surface area (Å²) in [6, 6.07) is 18.5. The van der Waals surface area contributed by atoms with E-state index in [-0.39, 0.29) is 23.3 Å². The number of nitrogens with zero attached hydrogens (tertiary/aromatic N) is 2. The molecule has 6 heteroatoms. The SMILES string of the molecule is COc1ccc(CN2CCC3(CCN(CCC(NC(=O)C4CCCCCC4)c4ccccc4)CC3)C2=O)cc1. The zero-order valence-electron chi connectivity index (χ0n) is 23.6. The van der Waals surface area contributed by atoms with Crippen molar-refractivity contribution in [1.29, 1.82) is 0 Å².